The van der Waals surface area contributed by atoms with Gasteiger partial charge in [-0.15, -0.1) is 11.3 Å². The van der Waals surface area contributed by atoms with Crippen molar-refractivity contribution in [1.29, 1.82) is 0 Å². The number of carbonyl (C=O) groups is 5. The molecule has 2 saturated heterocycles. The van der Waals surface area contributed by atoms with Gasteiger partial charge in [0.2, 0.25) is 23.6 Å². The Kier molecular flexibility index (Phi) is 21.9. The van der Waals surface area contributed by atoms with Crippen LogP contribution in [-0.4, -0.2) is 180 Å². The molecule has 0 bridgehead atoms. The predicted molar refractivity (Wildman–Crippen MR) is 306 cm³/mol. The van der Waals surface area contributed by atoms with Gasteiger partial charge in [0.1, 0.15) is 17.9 Å². The van der Waals surface area contributed by atoms with Crippen molar-refractivity contribution in [3.63, 3.8) is 0 Å². The Morgan fingerprint density at radius 1 is 0.840 bits per heavy atom. The first-order valence-electron chi connectivity index (χ1n) is 27.7. The molecule has 8 rings (SSSR count). The van der Waals surface area contributed by atoms with Gasteiger partial charge in [0.25, 0.3) is 5.91 Å². The van der Waals surface area contributed by atoms with Gasteiger partial charge < -0.3 is 59.9 Å². The number of thiazole rings is 1. The maximum Gasteiger partial charge on any atom is 0.255 e. The molecule has 4 atom stereocenters. The fourth-order valence-electron chi connectivity index (χ4n) is 9.91. The van der Waals surface area contributed by atoms with Crippen molar-refractivity contribution in [2.24, 2.45) is 18.4 Å². The second kappa shape index (κ2) is 29.3. The van der Waals surface area contributed by atoms with Crippen molar-refractivity contribution in [3.05, 3.63) is 95.0 Å². The van der Waals surface area contributed by atoms with Crippen LogP contribution < -0.4 is 21.3 Å². The maximum atomic E-state index is 14.0. The number of carbonyl (C=O) groups excluding carboxylic acids is 5. The van der Waals surface area contributed by atoms with Gasteiger partial charge in [-0.25, -0.2) is 9.97 Å². The van der Waals surface area contributed by atoms with Gasteiger partial charge in [0.05, 0.1) is 118 Å². The van der Waals surface area contributed by atoms with E-state index in [0.717, 1.165) is 69.0 Å². The van der Waals surface area contributed by atoms with Crippen LogP contribution >= 0.6 is 11.3 Å². The van der Waals surface area contributed by atoms with Crippen LogP contribution in [-0.2, 0) is 63.0 Å². The molecule has 0 spiro atoms. The van der Waals surface area contributed by atoms with E-state index in [9.17, 15) is 29.1 Å². The molecular formula is C58H77N11O11S. The van der Waals surface area contributed by atoms with Crippen LogP contribution in [0, 0.1) is 18.3 Å². The van der Waals surface area contributed by atoms with Gasteiger partial charge in [0, 0.05) is 69.1 Å². The molecule has 2 aliphatic heterocycles. The van der Waals surface area contributed by atoms with Crippen LogP contribution in [0.3, 0.4) is 0 Å². The molecule has 0 saturated carbocycles. The molecule has 5 amide bonds. The van der Waals surface area contributed by atoms with Gasteiger partial charge in [0.15, 0.2) is 0 Å². The number of anilines is 1. The fraction of sp³-hybridized carbons (Fsp3) is 0.517. The van der Waals surface area contributed by atoms with Gasteiger partial charge >= 0.3 is 0 Å². The standard InChI is InChI=1S/C58H77N11O11S/c1-38-53(81-37-61-38)41-8-6-39(7-9-41)32-60-56(74)49-31-45(70)35-69(49)57(75)54(58(2,3)4)66-51(71)15-18-76-20-22-78-24-26-80-27-25-79-23-21-77-19-16-59-52(72)28-40-14-17-68(34-40)36-50-64-46-12-11-44(30-47(46)65-50)63-55(73)42-10-13-48-43(29-42)33-62-67(48)5/h6-13,29-30,33,37,40,45,49,54,70H,14-28,31-32,34-36H2,1-5H3,(H,59,72)(H,60,74)(H,63,73)(H,64,65)(H,66,71)/t40?,45-,49+,54-/m1/s1. The van der Waals surface area contributed by atoms with Crippen LogP contribution in [0.25, 0.3) is 32.4 Å². The van der Waals surface area contributed by atoms with Crippen LogP contribution in [0.15, 0.2) is 72.4 Å². The molecule has 2 aliphatic rings. The highest BCUT2D eigenvalue weighted by molar-refractivity contribution is 7.13. The van der Waals surface area contributed by atoms with E-state index in [1.807, 2.05) is 94.9 Å². The first-order valence-corrected chi connectivity index (χ1v) is 28.6. The summed E-state index contributed by atoms with van der Waals surface area (Å²) in [5, 5.41) is 27.4. The molecule has 0 radical (unpaired) electrons. The lowest BCUT2D eigenvalue weighted by molar-refractivity contribution is -0.144. The number of aryl methyl sites for hydroxylation is 2. The molecule has 3 aromatic carbocycles. The van der Waals surface area contributed by atoms with E-state index in [-0.39, 0.29) is 68.7 Å². The van der Waals surface area contributed by atoms with Gasteiger partial charge in [-0.3, -0.25) is 33.6 Å². The summed E-state index contributed by atoms with van der Waals surface area (Å²) in [7, 11) is 1.87. The molecule has 3 aromatic heterocycles. The molecule has 2 fully saturated rings. The fourth-order valence-corrected chi connectivity index (χ4v) is 10.7. The highest BCUT2D eigenvalue weighted by Gasteiger charge is 2.44. The normalized spacial score (nSPS) is 17.0. The zero-order valence-electron chi connectivity index (χ0n) is 47.0. The van der Waals surface area contributed by atoms with E-state index in [4.69, 9.17) is 28.7 Å². The minimum absolute atomic E-state index is 0.00717. The molecule has 6 aromatic rings. The third-order valence-corrected chi connectivity index (χ3v) is 15.2. The van der Waals surface area contributed by atoms with Crippen molar-refractivity contribution in [2.45, 2.75) is 84.7 Å². The smallest absolute Gasteiger partial charge is 0.255 e. The SMILES string of the molecule is Cc1ncsc1-c1ccc(CNC(=O)[C@@H]2C[C@@H](O)CN2C(=O)[C@@H](NC(=O)CCOCCOCCOCCOCCOCCNC(=O)CC2CCN(Cc3nc4cc(NC(=O)c5ccc6c(cnn6C)c5)ccc4[nH]3)C2)C(C)(C)C)cc1. The number of amides is 5. The summed E-state index contributed by atoms with van der Waals surface area (Å²) < 4.78 is 29.7. The average Bonchev–Trinajstić information content (AvgIpc) is 4.39. The van der Waals surface area contributed by atoms with E-state index in [0.29, 0.717) is 83.6 Å². The number of benzene rings is 3. The number of hydrogen-bond donors (Lipinski definition) is 6. The number of likely N-dealkylation sites (tertiary alicyclic amines) is 2. The Balaban J connectivity index is 0.596. The number of β-amino-alcohol motifs (C(OH)–C–C–N with tert-alkyl or cyclic N) is 1. The van der Waals surface area contributed by atoms with E-state index < -0.39 is 29.5 Å². The molecule has 436 valence electrons. The summed E-state index contributed by atoms with van der Waals surface area (Å²) >= 11 is 1.57. The molecule has 22 nitrogen and oxygen atoms in total. The number of fused-ring (bicyclic) bond motifs is 2. The highest BCUT2D eigenvalue weighted by Crippen LogP contribution is 2.29. The van der Waals surface area contributed by atoms with Crippen molar-refractivity contribution in [2.75, 3.05) is 97.6 Å². The molecule has 23 heteroatoms. The summed E-state index contributed by atoms with van der Waals surface area (Å²) in [4.78, 5) is 83.4. The number of nitrogens with one attached hydrogen (secondary N) is 5. The van der Waals surface area contributed by atoms with E-state index in [1.165, 1.54) is 4.90 Å². The first-order chi connectivity index (χ1) is 39.1. The Morgan fingerprint density at radius 3 is 2.23 bits per heavy atom. The third kappa shape index (κ3) is 17.7. The Bertz CT molecular complexity index is 3050. The summed E-state index contributed by atoms with van der Waals surface area (Å²) in [5.41, 5.74) is 7.87. The van der Waals surface area contributed by atoms with Crippen LogP contribution in [0.1, 0.15) is 73.9 Å². The molecular weight excluding hydrogens is 1060 g/mol. The summed E-state index contributed by atoms with van der Waals surface area (Å²) in [6, 6.07) is 17.2. The number of rotatable bonds is 30. The van der Waals surface area contributed by atoms with Gasteiger partial charge in [-0.05, 0) is 78.7 Å². The number of aromatic nitrogens is 5. The van der Waals surface area contributed by atoms with Crippen molar-refractivity contribution in [3.8, 4) is 10.4 Å². The Labute approximate surface area is 476 Å². The number of H-pyrrole nitrogens is 1. The lowest BCUT2D eigenvalue weighted by atomic mass is 9.85. The quantitative estimate of drug-likeness (QED) is 0.0333. The largest absolute Gasteiger partial charge is 0.391 e. The minimum atomic E-state index is -0.934. The van der Waals surface area contributed by atoms with E-state index in [2.05, 4.69) is 41.2 Å². The topological polar surface area (TPSA) is 266 Å². The number of ether oxygens (including phenoxy) is 5. The summed E-state index contributed by atoms with van der Waals surface area (Å²) in [6.07, 6.45) is 2.38. The third-order valence-electron chi connectivity index (χ3n) is 14.3. The lowest BCUT2D eigenvalue weighted by Gasteiger charge is -2.35. The monoisotopic (exact) mass is 1140 g/mol. The summed E-state index contributed by atoms with van der Waals surface area (Å²) in [6.45, 7) is 13.9. The number of aromatic amines is 1. The van der Waals surface area contributed by atoms with Crippen LogP contribution in [0.5, 0.6) is 0 Å². The minimum Gasteiger partial charge on any atom is -0.391 e. The van der Waals surface area contributed by atoms with Crippen molar-refractivity contribution in [1.82, 2.24) is 50.5 Å². The first kappa shape index (κ1) is 60.4. The van der Waals surface area contributed by atoms with Crippen molar-refractivity contribution >= 4 is 68.5 Å². The van der Waals surface area contributed by atoms with Gasteiger partial charge in [-0.2, -0.15) is 5.10 Å². The Morgan fingerprint density at radius 2 is 1.54 bits per heavy atom. The summed E-state index contributed by atoms with van der Waals surface area (Å²) in [5.74, 6) is -0.266. The maximum absolute atomic E-state index is 14.0. The van der Waals surface area contributed by atoms with Gasteiger partial charge in [-0.1, -0.05) is 45.0 Å². The molecule has 0 aliphatic carbocycles. The van der Waals surface area contributed by atoms with Crippen molar-refractivity contribution < 1.29 is 52.8 Å². The molecule has 6 N–H and O–H groups in total. The zero-order valence-corrected chi connectivity index (χ0v) is 47.8. The number of aliphatic hydroxyl groups is 1. The van der Waals surface area contributed by atoms with Crippen LogP contribution in [0.2, 0.25) is 0 Å². The lowest BCUT2D eigenvalue weighted by Crippen LogP contribution is -2.57. The average molecular weight is 1140 g/mol. The van der Waals surface area contributed by atoms with E-state index in [1.54, 1.807) is 28.3 Å². The van der Waals surface area contributed by atoms with E-state index >= 15 is 0 Å². The Hall–Kier alpha value is -6.70. The number of hydrogen-bond acceptors (Lipinski definition) is 16. The molecule has 5 heterocycles. The molecule has 81 heavy (non-hydrogen) atoms. The molecule has 1 unspecified atom stereocenters. The number of aliphatic hydroxyl groups excluding tert-OH is 1. The second-order valence-electron chi connectivity index (χ2n) is 21.6. The zero-order chi connectivity index (χ0) is 57.3. The second-order valence-corrected chi connectivity index (χ2v) is 22.5. The predicted octanol–water partition coefficient (Wildman–Crippen LogP) is 4.74. The number of nitrogens with zero attached hydrogens (tertiary/aromatic N) is 6. The van der Waals surface area contributed by atoms with Crippen LogP contribution in [0.4, 0.5) is 5.69 Å². The highest BCUT2D eigenvalue weighted by atomic mass is 32.1. The number of imidazole rings is 1.